The molecule has 0 saturated heterocycles. The Hall–Kier alpha value is -4.06. The van der Waals surface area contributed by atoms with E-state index in [-0.39, 0.29) is 5.91 Å². The molecule has 6 nitrogen and oxygen atoms in total. The third-order valence-electron chi connectivity index (χ3n) is 4.84. The van der Waals surface area contributed by atoms with Gasteiger partial charge in [0.1, 0.15) is 17.1 Å². The zero-order valence-corrected chi connectivity index (χ0v) is 17.1. The van der Waals surface area contributed by atoms with E-state index in [1.165, 1.54) is 6.07 Å². The summed E-state index contributed by atoms with van der Waals surface area (Å²) >= 11 is 0. The van der Waals surface area contributed by atoms with Crippen LogP contribution in [0, 0.1) is 0 Å². The minimum absolute atomic E-state index is 0.301. The molecule has 4 aromatic rings. The summed E-state index contributed by atoms with van der Waals surface area (Å²) in [7, 11) is 1.58. The Balaban J connectivity index is 1.54. The lowest BCUT2D eigenvalue weighted by Crippen LogP contribution is -2.30. The Morgan fingerprint density at radius 3 is 2.35 bits per heavy atom. The molecule has 1 atom stereocenters. The molecular formula is C25H21NO5. The summed E-state index contributed by atoms with van der Waals surface area (Å²) in [5.74, 6) is 0.831. The number of carbonyl (C=O) groups excluding carboxylic acids is 1. The maximum absolute atomic E-state index is 12.5. The van der Waals surface area contributed by atoms with Crippen LogP contribution in [0.15, 0.2) is 88.1 Å². The van der Waals surface area contributed by atoms with Gasteiger partial charge in [-0.2, -0.15) is 0 Å². The van der Waals surface area contributed by atoms with Crippen LogP contribution in [-0.4, -0.2) is 19.1 Å². The standard InChI is InChI=1S/C25H21NO5/c1-16(25(28)26-18-8-10-19(29-2)11-9-18)30-20-12-13-21-22(17-6-4-3-5-7-17)15-24(27)31-23(21)14-20/h3-16H,1-2H3,(H,26,28). The quantitative estimate of drug-likeness (QED) is 0.455. The SMILES string of the molecule is COc1ccc(NC(=O)C(C)Oc2ccc3c(-c4ccccc4)cc(=O)oc3c2)cc1. The van der Waals surface area contributed by atoms with Gasteiger partial charge in [0.2, 0.25) is 0 Å². The molecule has 4 rings (SSSR count). The highest BCUT2D eigenvalue weighted by Crippen LogP contribution is 2.30. The fraction of sp³-hybridized carbons (Fsp3) is 0.120. The second-order valence-corrected chi connectivity index (χ2v) is 6.98. The number of ether oxygens (including phenoxy) is 2. The molecule has 156 valence electrons. The lowest BCUT2D eigenvalue weighted by molar-refractivity contribution is -0.122. The van der Waals surface area contributed by atoms with E-state index in [2.05, 4.69) is 5.32 Å². The maximum atomic E-state index is 12.5. The Morgan fingerprint density at radius 1 is 0.935 bits per heavy atom. The number of anilines is 1. The number of carbonyl (C=O) groups is 1. The fourth-order valence-electron chi connectivity index (χ4n) is 3.25. The molecule has 1 N–H and O–H groups in total. The number of fused-ring (bicyclic) bond motifs is 1. The van der Waals surface area contributed by atoms with Crippen molar-refractivity contribution in [3.05, 3.63) is 89.3 Å². The van der Waals surface area contributed by atoms with Gasteiger partial charge < -0.3 is 19.2 Å². The first kappa shape index (κ1) is 20.2. The molecule has 0 saturated carbocycles. The normalized spacial score (nSPS) is 11.7. The van der Waals surface area contributed by atoms with Gasteiger partial charge in [0.25, 0.3) is 5.91 Å². The van der Waals surface area contributed by atoms with Crippen LogP contribution in [0.2, 0.25) is 0 Å². The minimum Gasteiger partial charge on any atom is -0.497 e. The van der Waals surface area contributed by atoms with E-state index in [9.17, 15) is 9.59 Å². The highest BCUT2D eigenvalue weighted by molar-refractivity contribution is 5.95. The number of hydrogen-bond acceptors (Lipinski definition) is 5. The van der Waals surface area contributed by atoms with Crippen molar-refractivity contribution in [2.75, 3.05) is 12.4 Å². The van der Waals surface area contributed by atoms with Crippen LogP contribution >= 0.6 is 0 Å². The summed E-state index contributed by atoms with van der Waals surface area (Å²) in [6.07, 6.45) is -0.761. The van der Waals surface area contributed by atoms with Gasteiger partial charge in [-0.1, -0.05) is 30.3 Å². The van der Waals surface area contributed by atoms with E-state index in [0.717, 1.165) is 16.5 Å². The third kappa shape index (κ3) is 4.59. The molecule has 0 bridgehead atoms. The highest BCUT2D eigenvalue weighted by atomic mass is 16.5. The first-order chi connectivity index (χ1) is 15.0. The highest BCUT2D eigenvalue weighted by Gasteiger charge is 2.16. The second-order valence-electron chi connectivity index (χ2n) is 6.98. The summed E-state index contributed by atoms with van der Waals surface area (Å²) in [6, 6.07) is 23.3. The van der Waals surface area contributed by atoms with Crippen molar-refractivity contribution >= 4 is 22.6 Å². The van der Waals surface area contributed by atoms with Crippen molar-refractivity contribution in [1.82, 2.24) is 0 Å². The first-order valence-corrected chi connectivity index (χ1v) is 9.78. The number of methoxy groups -OCH3 is 1. The van der Waals surface area contributed by atoms with Gasteiger partial charge in [0, 0.05) is 23.2 Å². The van der Waals surface area contributed by atoms with E-state index in [0.29, 0.717) is 22.8 Å². The molecule has 0 fully saturated rings. The van der Waals surface area contributed by atoms with Crippen LogP contribution in [-0.2, 0) is 4.79 Å². The fourth-order valence-corrected chi connectivity index (χ4v) is 3.25. The summed E-state index contributed by atoms with van der Waals surface area (Å²) < 4.78 is 16.3. The molecule has 0 radical (unpaired) electrons. The van der Waals surface area contributed by atoms with Gasteiger partial charge in [0.05, 0.1) is 7.11 Å². The van der Waals surface area contributed by atoms with Gasteiger partial charge in [-0.05, 0) is 54.4 Å². The van der Waals surface area contributed by atoms with Crippen LogP contribution in [0.4, 0.5) is 5.69 Å². The van der Waals surface area contributed by atoms with Crippen LogP contribution in [0.5, 0.6) is 11.5 Å². The van der Waals surface area contributed by atoms with Crippen LogP contribution in [0.3, 0.4) is 0 Å². The number of benzene rings is 3. The average Bonchev–Trinajstić information content (AvgIpc) is 2.79. The molecule has 6 heteroatoms. The number of rotatable bonds is 6. The van der Waals surface area contributed by atoms with Crippen molar-refractivity contribution in [2.24, 2.45) is 0 Å². The molecule has 1 unspecified atom stereocenters. The maximum Gasteiger partial charge on any atom is 0.336 e. The largest absolute Gasteiger partial charge is 0.497 e. The lowest BCUT2D eigenvalue weighted by Gasteiger charge is -2.15. The number of hydrogen-bond donors (Lipinski definition) is 1. The van der Waals surface area contributed by atoms with Crippen LogP contribution in [0.1, 0.15) is 6.92 Å². The molecule has 0 aliphatic rings. The Morgan fingerprint density at radius 2 is 1.65 bits per heavy atom. The van der Waals surface area contributed by atoms with E-state index >= 15 is 0 Å². The molecule has 0 spiro atoms. The van der Waals surface area contributed by atoms with Crippen molar-refractivity contribution in [1.29, 1.82) is 0 Å². The minimum atomic E-state index is -0.761. The third-order valence-corrected chi connectivity index (χ3v) is 4.84. The van der Waals surface area contributed by atoms with Crippen molar-refractivity contribution in [2.45, 2.75) is 13.0 Å². The summed E-state index contributed by atoms with van der Waals surface area (Å²) in [6.45, 7) is 1.65. The zero-order chi connectivity index (χ0) is 21.8. The van der Waals surface area contributed by atoms with E-state index in [4.69, 9.17) is 13.9 Å². The van der Waals surface area contributed by atoms with E-state index < -0.39 is 11.7 Å². The molecule has 1 heterocycles. The molecule has 0 aliphatic heterocycles. The van der Waals surface area contributed by atoms with Gasteiger partial charge in [-0.15, -0.1) is 0 Å². The van der Waals surface area contributed by atoms with Gasteiger partial charge in [-0.3, -0.25) is 4.79 Å². The smallest absolute Gasteiger partial charge is 0.336 e. The topological polar surface area (TPSA) is 77.8 Å². The summed E-state index contributed by atoms with van der Waals surface area (Å²) in [5, 5.41) is 3.58. The zero-order valence-electron chi connectivity index (χ0n) is 17.1. The van der Waals surface area contributed by atoms with Gasteiger partial charge in [0.15, 0.2) is 6.10 Å². The van der Waals surface area contributed by atoms with Crippen LogP contribution < -0.4 is 20.4 Å². The number of nitrogens with one attached hydrogen (secondary N) is 1. The van der Waals surface area contributed by atoms with Gasteiger partial charge in [-0.25, -0.2) is 4.79 Å². The molecule has 0 aliphatic carbocycles. The van der Waals surface area contributed by atoms with Crippen molar-refractivity contribution in [3.8, 4) is 22.6 Å². The summed E-state index contributed by atoms with van der Waals surface area (Å²) in [4.78, 5) is 24.6. The monoisotopic (exact) mass is 415 g/mol. The van der Waals surface area contributed by atoms with E-state index in [1.807, 2.05) is 36.4 Å². The molecule has 1 amide bonds. The Kier molecular flexibility index (Phi) is 5.71. The number of amides is 1. The molecule has 3 aromatic carbocycles. The summed E-state index contributed by atoms with van der Waals surface area (Å²) in [5.41, 5.74) is 2.28. The second kappa shape index (κ2) is 8.75. The van der Waals surface area contributed by atoms with E-state index in [1.54, 1.807) is 50.4 Å². The van der Waals surface area contributed by atoms with Crippen molar-refractivity contribution in [3.63, 3.8) is 0 Å². The lowest BCUT2D eigenvalue weighted by atomic mass is 10.0. The van der Waals surface area contributed by atoms with Crippen LogP contribution in [0.25, 0.3) is 22.1 Å². The molecule has 31 heavy (non-hydrogen) atoms. The predicted molar refractivity (Wildman–Crippen MR) is 120 cm³/mol. The average molecular weight is 415 g/mol. The Labute approximate surface area is 179 Å². The first-order valence-electron chi connectivity index (χ1n) is 9.78. The molecular weight excluding hydrogens is 394 g/mol. The van der Waals surface area contributed by atoms with Gasteiger partial charge >= 0.3 is 5.63 Å². The van der Waals surface area contributed by atoms with Crippen molar-refractivity contribution < 1.29 is 18.7 Å². The predicted octanol–water partition coefficient (Wildman–Crippen LogP) is 4.87. The Bertz CT molecular complexity index is 1260. The molecule has 1 aromatic heterocycles.